The Kier molecular flexibility index (Phi) is 2.85. The quantitative estimate of drug-likeness (QED) is 0.813. The van der Waals surface area contributed by atoms with Crippen molar-refractivity contribution in [3.05, 3.63) is 17.0 Å². The third-order valence-electron chi connectivity index (χ3n) is 3.30. The van der Waals surface area contributed by atoms with Crippen LogP contribution in [0.4, 0.5) is 0 Å². The molecule has 0 aromatic carbocycles. The molecule has 3 heteroatoms. The zero-order chi connectivity index (χ0) is 12.8. The van der Waals surface area contributed by atoms with Crippen LogP contribution in [-0.2, 0) is 15.6 Å². The maximum atomic E-state index is 5.30. The second-order valence-electron chi connectivity index (χ2n) is 7.10. The summed E-state index contributed by atoms with van der Waals surface area (Å²) in [6, 6.07) is 0. The summed E-state index contributed by atoms with van der Waals surface area (Å²) in [5.74, 6) is 0.507. The Morgan fingerprint density at radius 2 is 1.65 bits per heavy atom. The van der Waals surface area contributed by atoms with E-state index in [9.17, 15) is 0 Å². The fourth-order valence-electron chi connectivity index (χ4n) is 2.36. The minimum absolute atomic E-state index is 0.0853. The molecule has 0 aliphatic carbocycles. The summed E-state index contributed by atoms with van der Waals surface area (Å²) in [7, 11) is 0. The smallest absolute Gasteiger partial charge is 0.0715 e. The molecule has 17 heavy (non-hydrogen) atoms. The predicted molar refractivity (Wildman–Crippen MR) is 69.5 cm³/mol. The molecule has 0 amide bonds. The van der Waals surface area contributed by atoms with Gasteiger partial charge in [-0.3, -0.25) is 5.10 Å². The van der Waals surface area contributed by atoms with Gasteiger partial charge in [-0.05, 0) is 5.41 Å². The highest BCUT2D eigenvalue weighted by Crippen LogP contribution is 2.38. The summed E-state index contributed by atoms with van der Waals surface area (Å²) < 4.78 is 5.30. The average molecular weight is 236 g/mol. The molecule has 1 N–H and O–H groups in total. The van der Waals surface area contributed by atoms with Gasteiger partial charge in [-0.15, -0.1) is 0 Å². The van der Waals surface area contributed by atoms with Crippen molar-refractivity contribution >= 4 is 0 Å². The van der Waals surface area contributed by atoms with Crippen LogP contribution in [0.2, 0.25) is 0 Å². The van der Waals surface area contributed by atoms with Crippen LogP contribution in [0.15, 0.2) is 0 Å². The molecule has 1 aliphatic heterocycles. The average Bonchev–Trinajstić information content (AvgIpc) is 2.42. The van der Waals surface area contributed by atoms with Crippen LogP contribution < -0.4 is 0 Å². The summed E-state index contributed by atoms with van der Waals surface area (Å²) in [6.45, 7) is 15.1. The first-order valence-corrected chi connectivity index (χ1v) is 6.38. The van der Waals surface area contributed by atoms with Crippen molar-refractivity contribution in [3.63, 3.8) is 0 Å². The molecular formula is C14H24N2O. The van der Waals surface area contributed by atoms with Crippen LogP contribution in [-0.4, -0.2) is 23.4 Å². The van der Waals surface area contributed by atoms with E-state index in [4.69, 9.17) is 4.74 Å². The first-order chi connectivity index (χ1) is 7.71. The van der Waals surface area contributed by atoms with Crippen molar-refractivity contribution < 1.29 is 4.74 Å². The van der Waals surface area contributed by atoms with Crippen molar-refractivity contribution in [2.75, 3.05) is 13.2 Å². The Labute approximate surface area is 104 Å². The molecule has 0 radical (unpaired) electrons. The SMILES string of the molecule is CC(C)(C)c1n[nH]c(C2COC2)c1C(C)(C)C. The van der Waals surface area contributed by atoms with E-state index in [0.29, 0.717) is 5.92 Å². The predicted octanol–water partition coefficient (Wildman–Crippen LogP) is 3.12. The lowest BCUT2D eigenvalue weighted by Gasteiger charge is -2.31. The summed E-state index contributed by atoms with van der Waals surface area (Å²) in [6.07, 6.45) is 0. The van der Waals surface area contributed by atoms with E-state index in [1.807, 2.05) is 0 Å². The van der Waals surface area contributed by atoms with E-state index >= 15 is 0 Å². The second kappa shape index (κ2) is 3.84. The molecule has 2 rings (SSSR count). The molecule has 1 saturated heterocycles. The van der Waals surface area contributed by atoms with Crippen LogP contribution in [0.1, 0.15) is 64.4 Å². The van der Waals surface area contributed by atoms with Gasteiger partial charge in [-0.1, -0.05) is 41.5 Å². The minimum atomic E-state index is 0.0853. The fraction of sp³-hybridized carbons (Fsp3) is 0.786. The lowest BCUT2D eigenvalue weighted by atomic mass is 9.76. The summed E-state index contributed by atoms with van der Waals surface area (Å²) in [5.41, 5.74) is 4.08. The number of aromatic amines is 1. The van der Waals surface area contributed by atoms with Gasteiger partial charge >= 0.3 is 0 Å². The number of rotatable bonds is 1. The molecule has 3 nitrogen and oxygen atoms in total. The molecule has 0 bridgehead atoms. The van der Waals surface area contributed by atoms with Crippen LogP contribution in [0.25, 0.3) is 0 Å². The molecule has 0 atom stereocenters. The zero-order valence-corrected chi connectivity index (χ0v) is 11.8. The van der Waals surface area contributed by atoms with Gasteiger partial charge in [-0.2, -0.15) is 5.10 Å². The maximum Gasteiger partial charge on any atom is 0.0715 e. The molecule has 1 aromatic heterocycles. The number of aromatic nitrogens is 2. The molecule has 2 heterocycles. The van der Waals surface area contributed by atoms with E-state index in [-0.39, 0.29) is 10.8 Å². The van der Waals surface area contributed by atoms with Crippen LogP contribution in [0.5, 0.6) is 0 Å². The number of nitrogens with zero attached hydrogens (tertiary/aromatic N) is 1. The normalized spacial score (nSPS) is 18.2. The van der Waals surface area contributed by atoms with Crippen LogP contribution >= 0.6 is 0 Å². The van der Waals surface area contributed by atoms with Gasteiger partial charge in [0.2, 0.25) is 0 Å². The third-order valence-corrected chi connectivity index (χ3v) is 3.30. The van der Waals surface area contributed by atoms with E-state index in [2.05, 4.69) is 51.7 Å². The van der Waals surface area contributed by atoms with Gasteiger partial charge in [0, 0.05) is 22.6 Å². The number of hydrogen-bond donors (Lipinski definition) is 1. The third kappa shape index (κ3) is 2.25. The Morgan fingerprint density at radius 3 is 2.00 bits per heavy atom. The fourth-order valence-corrected chi connectivity index (χ4v) is 2.36. The molecule has 1 aromatic rings. The molecular weight excluding hydrogens is 212 g/mol. The lowest BCUT2D eigenvalue weighted by molar-refractivity contribution is 0.00604. The Balaban J connectivity index is 2.51. The first kappa shape index (κ1) is 12.6. The van der Waals surface area contributed by atoms with Gasteiger partial charge in [0.15, 0.2) is 0 Å². The topological polar surface area (TPSA) is 37.9 Å². The summed E-state index contributed by atoms with van der Waals surface area (Å²) in [5, 5.41) is 7.84. The monoisotopic (exact) mass is 236 g/mol. The van der Waals surface area contributed by atoms with Crippen molar-refractivity contribution in [1.82, 2.24) is 10.2 Å². The summed E-state index contributed by atoms with van der Waals surface area (Å²) in [4.78, 5) is 0. The summed E-state index contributed by atoms with van der Waals surface area (Å²) >= 11 is 0. The van der Waals surface area contributed by atoms with Gasteiger partial charge in [0.05, 0.1) is 18.9 Å². The number of hydrogen-bond acceptors (Lipinski definition) is 2. The van der Waals surface area contributed by atoms with Crippen molar-refractivity contribution in [1.29, 1.82) is 0 Å². The highest BCUT2D eigenvalue weighted by atomic mass is 16.5. The molecule has 0 saturated carbocycles. The highest BCUT2D eigenvalue weighted by Gasteiger charge is 2.35. The first-order valence-electron chi connectivity index (χ1n) is 6.38. The Hall–Kier alpha value is -0.830. The highest BCUT2D eigenvalue weighted by molar-refractivity contribution is 5.38. The number of ether oxygens (including phenoxy) is 1. The molecule has 0 spiro atoms. The largest absolute Gasteiger partial charge is 0.380 e. The minimum Gasteiger partial charge on any atom is -0.380 e. The van der Waals surface area contributed by atoms with Crippen LogP contribution in [0.3, 0.4) is 0 Å². The van der Waals surface area contributed by atoms with E-state index in [0.717, 1.165) is 13.2 Å². The molecule has 0 unspecified atom stereocenters. The standard InChI is InChI=1S/C14H24N2O/c1-13(2,3)10-11(9-7-17-8-9)15-16-12(10)14(4,5)6/h9H,7-8H2,1-6H3,(H,15,16). The van der Waals surface area contributed by atoms with Gasteiger partial charge in [0.1, 0.15) is 0 Å². The van der Waals surface area contributed by atoms with E-state index < -0.39 is 0 Å². The zero-order valence-electron chi connectivity index (χ0n) is 11.8. The second-order valence-corrected chi connectivity index (χ2v) is 7.10. The Morgan fingerprint density at radius 1 is 1.06 bits per heavy atom. The van der Waals surface area contributed by atoms with Crippen LogP contribution in [0, 0.1) is 0 Å². The Bertz CT molecular complexity index is 403. The van der Waals surface area contributed by atoms with Crippen molar-refractivity contribution in [2.45, 2.75) is 58.3 Å². The molecule has 96 valence electrons. The van der Waals surface area contributed by atoms with E-state index in [1.165, 1.54) is 17.0 Å². The van der Waals surface area contributed by atoms with Gasteiger partial charge in [-0.25, -0.2) is 0 Å². The number of H-pyrrole nitrogens is 1. The van der Waals surface area contributed by atoms with Crippen molar-refractivity contribution in [3.8, 4) is 0 Å². The molecule has 1 aliphatic rings. The van der Waals surface area contributed by atoms with Crippen molar-refractivity contribution in [2.24, 2.45) is 0 Å². The number of nitrogens with one attached hydrogen (secondary N) is 1. The van der Waals surface area contributed by atoms with Gasteiger partial charge in [0.25, 0.3) is 0 Å². The molecule has 1 fully saturated rings. The van der Waals surface area contributed by atoms with Gasteiger partial charge < -0.3 is 4.74 Å². The van der Waals surface area contributed by atoms with E-state index in [1.54, 1.807) is 0 Å². The lowest BCUT2D eigenvalue weighted by Crippen LogP contribution is -2.29. The maximum absolute atomic E-state index is 5.30.